The second-order valence-electron chi connectivity index (χ2n) is 5.24. The fourth-order valence-electron chi connectivity index (χ4n) is 1.74. The first-order valence-corrected chi connectivity index (χ1v) is 5.73. The summed E-state index contributed by atoms with van der Waals surface area (Å²) in [5, 5.41) is 3.43. The van der Waals surface area contributed by atoms with Crippen molar-refractivity contribution in [1.82, 2.24) is 9.78 Å². The Morgan fingerprint density at radius 3 is 2.47 bits per heavy atom. The lowest BCUT2D eigenvalue weighted by Gasteiger charge is -2.23. The zero-order valence-corrected chi connectivity index (χ0v) is 10.8. The summed E-state index contributed by atoms with van der Waals surface area (Å²) < 4.78 is 43.9. The summed E-state index contributed by atoms with van der Waals surface area (Å²) in [7, 11) is 0. The van der Waals surface area contributed by atoms with E-state index < -0.39 is 23.6 Å². The zero-order valence-electron chi connectivity index (χ0n) is 10.8. The SMILES string of the molecule is CC(C)(C)OC(=O)N1CCn2nc(C(F)(F)F)cc21. The maximum absolute atomic E-state index is 12.5. The average Bonchev–Trinajstić information content (AvgIpc) is 2.69. The molecule has 8 heteroatoms. The van der Waals surface area contributed by atoms with Crippen LogP contribution in [0.1, 0.15) is 26.5 Å². The quantitative estimate of drug-likeness (QED) is 0.732. The fourth-order valence-corrected chi connectivity index (χ4v) is 1.74. The lowest BCUT2D eigenvalue weighted by atomic mass is 10.2. The van der Waals surface area contributed by atoms with Crippen LogP contribution in [0.2, 0.25) is 0 Å². The third-order valence-electron chi connectivity index (χ3n) is 2.47. The first kappa shape index (κ1) is 13.7. The predicted molar refractivity (Wildman–Crippen MR) is 60.8 cm³/mol. The molecule has 0 aromatic carbocycles. The number of amides is 1. The third-order valence-corrected chi connectivity index (χ3v) is 2.47. The fraction of sp³-hybridized carbons (Fsp3) is 0.636. The summed E-state index contributed by atoms with van der Waals surface area (Å²) in [6, 6.07) is 0.858. The van der Waals surface area contributed by atoms with Crippen LogP contribution in [0.25, 0.3) is 0 Å². The van der Waals surface area contributed by atoms with Crippen LogP contribution in [-0.4, -0.2) is 28.0 Å². The molecule has 1 aromatic heterocycles. The monoisotopic (exact) mass is 277 g/mol. The molecule has 19 heavy (non-hydrogen) atoms. The number of ether oxygens (including phenoxy) is 1. The van der Waals surface area contributed by atoms with Crippen LogP contribution in [-0.2, 0) is 17.5 Å². The molecule has 1 aromatic rings. The molecule has 0 bridgehead atoms. The Balaban J connectivity index is 2.22. The molecular formula is C11H14F3N3O2. The highest BCUT2D eigenvalue weighted by Crippen LogP contribution is 2.33. The van der Waals surface area contributed by atoms with Crippen LogP contribution in [0, 0.1) is 0 Å². The van der Waals surface area contributed by atoms with Crippen molar-refractivity contribution in [2.45, 2.75) is 39.1 Å². The van der Waals surface area contributed by atoms with E-state index in [1.54, 1.807) is 20.8 Å². The van der Waals surface area contributed by atoms with Crippen molar-refractivity contribution in [1.29, 1.82) is 0 Å². The molecule has 106 valence electrons. The van der Waals surface area contributed by atoms with Crippen LogP contribution >= 0.6 is 0 Å². The van der Waals surface area contributed by atoms with Gasteiger partial charge < -0.3 is 4.74 Å². The minimum Gasteiger partial charge on any atom is -0.443 e. The van der Waals surface area contributed by atoms with Gasteiger partial charge in [0.05, 0.1) is 13.1 Å². The van der Waals surface area contributed by atoms with E-state index in [9.17, 15) is 18.0 Å². The van der Waals surface area contributed by atoms with Gasteiger partial charge in [-0.15, -0.1) is 0 Å². The van der Waals surface area contributed by atoms with Gasteiger partial charge in [-0.1, -0.05) is 0 Å². The van der Waals surface area contributed by atoms with Gasteiger partial charge in [-0.05, 0) is 20.8 Å². The van der Waals surface area contributed by atoms with Crippen molar-refractivity contribution >= 4 is 11.9 Å². The molecule has 0 aliphatic carbocycles. The van der Waals surface area contributed by atoms with Crippen LogP contribution < -0.4 is 4.90 Å². The number of alkyl halides is 3. The number of carbonyl (C=O) groups is 1. The first-order chi connectivity index (χ1) is 8.58. The third kappa shape index (κ3) is 2.82. The van der Waals surface area contributed by atoms with Gasteiger partial charge >= 0.3 is 12.3 Å². The van der Waals surface area contributed by atoms with E-state index in [0.29, 0.717) is 0 Å². The second kappa shape index (κ2) is 4.14. The highest BCUT2D eigenvalue weighted by atomic mass is 19.4. The molecule has 0 saturated heterocycles. The number of rotatable bonds is 0. The minimum absolute atomic E-state index is 0.113. The molecule has 0 spiro atoms. The van der Waals surface area contributed by atoms with Gasteiger partial charge in [0.25, 0.3) is 0 Å². The van der Waals surface area contributed by atoms with Gasteiger partial charge in [0.15, 0.2) is 5.69 Å². The number of hydrogen-bond donors (Lipinski definition) is 0. The molecule has 1 amide bonds. The molecule has 0 saturated carbocycles. The lowest BCUT2D eigenvalue weighted by molar-refractivity contribution is -0.141. The van der Waals surface area contributed by atoms with E-state index in [-0.39, 0.29) is 18.9 Å². The number of fused-ring (bicyclic) bond motifs is 1. The maximum atomic E-state index is 12.5. The van der Waals surface area contributed by atoms with Crippen molar-refractivity contribution in [3.05, 3.63) is 11.8 Å². The first-order valence-electron chi connectivity index (χ1n) is 5.73. The Hall–Kier alpha value is -1.73. The largest absolute Gasteiger partial charge is 0.443 e. The van der Waals surface area contributed by atoms with Gasteiger partial charge in [-0.3, -0.25) is 4.90 Å². The van der Waals surface area contributed by atoms with Crippen LogP contribution in [0.15, 0.2) is 6.07 Å². The Kier molecular flexibility index (Phi) is 2.98. The highest BCUT2D eigenvalue weighted by Gasteiger charge is 2.38. The van der Waals surface area contributed by atoms with Gasteiger partial charge in [0.2, 0.25) is 0 Å². The van der Waals surface area contributed by atoms with Gasteiger partial charge in [0, 0.05) is 6.07 Å². The summed E-state index contributed by atoms with van der Waals surface area (Å²) >= 11 is 0. The minimum atomic E-state index is -4.52. The van der Waals surface area contributed by atoms with E-state index >= 15 is 0 Å². The highest BCUT2D eigenvalue weighted by molar-refractivity contribution is 5.87. The number of hydrogen-bond acceptors (Lipinski definition) is 3. The number of halogens is 3. The molecule has 0 unspecified atom stereocenters. The normalized spacial score (nSPS) is 15.6. The maximum Gasteiger partial charge on any atom is 0.435 e. The molecule has 2 heterocycles. The molecule has 2 rings (SSSR count). The standard InChI is InChI=1S/C11H14F3N3O2/c1-10(2,3)19-9(18)16-4-5-17-8(16)6-7(15-17)11(12,13)14/h6H,4-5H2,1-3H3. The predicted octanol–water partition coefficient (Wildman–Crippen LogP) is 2.66. The van der Waals surface area contributed by atoms with Crippen LogP contribution in [0.5, 0.6) is 0 Å². The Morgan fingerprint density at radius 1 is 1.32 bits per heavy atom. The number of carbonyl (C=O) groups excluding carboxylic acids is 1. The summed E-state index contributed by atoms with van der Waals surface area (Å²) in [4.78, 5) is 13.0. The number of nitrogens with zero attached hydrogens (tertiary/aromatic N) is 3. The van der Waals surface area contributed by atoms with E-state index in [0.717, 1.165) is 15.6 Å². The summed E-state index contributed by atoms with van der Waals surface area (Å²) in [6.45, 7) is 5.57. The Morgan fingerprint density at radius 2 is 1.95 bits per heavy atom. The van der Waals surface area contributed by atoms with Crippen molar-refractivity contribution < 1.29 is 22.7 Å². The lowest BCUT2D eigenvalue weighted by Crippen LogP contribution is -2.35. The van der Waals surface area contributed by atoms with Crippen molar-refractivity contribution in [3.8, 4) is 0 Å². The summed E-state index contributed by atoms with van der Waals surface area (Å²) in [6.07, 6.45) is -5.18. The smallest absolute Gasteiger partial charge is 0.435 e. The molecular weight excluding hydrogens is 263 g/mol. The van der Waals surface area contributed by atoms with Gasteiger partial charge in [-0.25, -0.2) is 9.48 Å². The zero-order chi connectivity index (χ0) is 14.4. The summed E-state index contributed by atoms with van der Waals surface area (Å²) in [5.74, 6) is 0.113. The number of aromatic nitrogens is 2. The summed E-state index contributed by atoms with van der Waals surface area (Å²) in [5.41, 5.74) is -1.70. The molecule has 1 aliphatic rings. The van der Waals surface area contributed by atoms with E-state index in [2.05, 4.69) is 5.10 Å². The van der Waals surface area contributed by atoms with Gasteiger partial charge in [0.1, 0.15) is 11.4 Å². The average molecular weight is 277 g/mol. The molecule has 0 atom stereocenters. The second-order valence-corrected chi connectivity index (χ2v) is 5.24. The Bertz CT molecular complexity index is 502. The molecule has 5 nitrogen and oxygen atoms in total. The topological polar surface area (TPSA) is 47.4 Å². The van der Waals surface area contributed by atoms with E-state index in [1.807, 2.05) is 0 Å². The molecule has 0 radical (unpaired) electrons. The van der Waals surface area contributed by atoms with Crippen molar-refractivity contribution in [2.75, 3.05) is 11.4 Å². The van der Waals surface area contributed by atoms with Crippen LogP contribution in [0.4, 0.5) is 23.8 Å². The number of anilines is 1. The van der Waals surface area contributed by atoms with E-state index in [1.165, 1.54) is 0 Å². The van der Waals surface area contributed by atoms with Crippen molar-refractivity contribution in [2.24, 2.45) is 0 Å². The van der Waals surface area contributed by atoms with Gasteiger partial charge in [-0.2, -0.15) is 18.3 Å². The van der Waals surface area contributed by atoms with Crippen molar-refractivity contribution in [3.63, 3.8) is 0 Å². The Labute approximate surface area is 107 Å². The van der Waals surface area contributed by atoms with E-state index in [4.69, 9.17) is 4.74 Å². The molecule has 1 aliphatic heterocycles. The molecule has 0 fully saturated rings. The molecule has 0 N–H and O–H groups in total. The van der Waals surface area contributed by atoms with Crippen LogP contribution in [0.3, 0.4) is 0 Å².